The smallest absolute Gasteiger partial charge is 0.308 e. The van der Waals surface area contributed by atoms with Gasteiger partial charge in [-0.1, -0.05) is 77.7 Å². The van der Waals surface area contributed by atoms with Gasteiger partial charge in [-0.2, -0.15) is 0 Å². The molecule has 9 atom stereocenters. The molecule has 0 amide bonds. The molecule has 4 nitrogen and oxygen atoms in total. The number of esters is 1. The van der Waals surface area contributed by atoms with Crippen LogP contribution in [-0.2, 0) is 14.3 Å². The minimum absolute atomic E-state index is 0.0258. The Kier molecular flexibility index (Phi) is 11.2. The number of aliphatic hydroxyl groups excluding tert-OH is 1. The van der Waals surface area contributed by atoms with E-state index in [0.29, 0.717) is 23.9 Å². The number of hydrogen-bond acceptors (Lipinski definition) is 4. The number of carbonyl (C=O) groups is 1. The first-order valence-corrected chi connectivity index (χ1v) is 17.6. The molecule has 0 aromatic rings. The molecule has 1 N–H and O–H groups in total. The Morgan fingerprint density at radius 3 is 2.52 bits per heavy atom. The van der Waals surface area contributed by atoms with E-state index in [-0.39, 0.29) is 18.5 Å². The lowest BCUT2D eigenvalue weighted by molar-refractivity contribution is -0.156. The van der Waals surface area contributed by atoms with Gasteiger partial charge in [0, 0.05) is 0 Å². The number of allylic oxidation sites excluding steroid dienone is 1. The van der Waals surface area contributed by atoms with Crippen LogP contribution in [0.3, 0.4) is 0 Å². The van der Waals surface area contributed by atoms with E-state index in [4.69, 9.17) is 9.47 Å². The van der Waals surface area contributed by atoms with E-state index in [2.05, 4.69) is 40.7 Å². The van der Waals surface area contributed by atoms with Gasteiger partial charge in [0.15, 0.2) is 0 Å². The van der Waals surface area contributed by atoms with Gasteiger partial charge in [0.25, 0.3) is 0 Å². The van der Waals surface area contributed by atoms with Crippen LogP contribution in [0.4, 0.5) is 0 Å². The summed E-state index contributed by atoms with van der Waals surface area (Å²) in [6.07, 6.45) is 21.4. The predicted molar refractivity (Wildman–Crippen MR) is 173 cm³/mol. The molecular formula is C38H64O4. The molecule has 4 rings (SSSR count). The highest BCUT2D eigenvalue weighted by Crippen LogP contribution is 2.67. The number of ether oxygens (including phenoxy) is 2. The van der Waals surface area contributed by atoms with E-state index in [9.17, 15) is 9.90 Å². The molecule has 4 aliphatic rings. The Balaban J connectivity index is 1.26. The summed E-state index contributed by atoms with van der Waals surface area (Å²) < 4.78 is 11.6. The second-order valence-electron chi connectivity index (χ2n) is 16.6. The molecule has 4 aliphatic carbocycles. The fourth-order valence-corrected chi connectivity index (χ4v) is 9.97. The molecular weight excluding hydrogens is 520 g/mol. The summed E-state index contributed by atoms with van der Waals surface area (Å²) in [7, 11) is 0. The summed E-state index contributed by atoms with van der Waals surface area (Å²) in [5.41, 5.74) is 2.06. The second kappa shape index (κ2) is 13.9. The maximum absolute atomic E-state index is 11.9. The topological polar surface area (TPSA) is 55.8 Å². The van der Waals surface area contributed by atoms with Crippen LogP contribution in [0.2, 0.25) is 0 Å². The normalized spacial score (nSPS) is 36.2. The molecule has 0 aliphatic heterocycles. The van der Waals surface area contributed by atoms with Gasteiger partial charge in [-0.05, 0) is 125 Å². The highest BCUT2D eigenvalue weighted by Gasteiger charge is 2.59. The molecule has 0 spiro atoms. The van der Waals surface area contributed by atoms with Crippen molar-refractivity contribution in [1.29, 1.82) is 0 Å². The van der Waals surface area contributed by atoms with E-state index in [1.807, 2.05) is 32.9 Å². The molecule has 4 heteroatoms. The van der Waals surface area contributed by atoms with Crippen LogP contribution in [0.15, 0.2) is 23.8 Å². The Hall–Kier alpha value is -1.13. The molecule has 3 saturated carbocycles. The summed E-state index contributed by atoms with van der Waals surface area (Å²) >= 11 is 0. The second-order valence-corrected chi connectivity index (χ2v) is 16.6. The van der Waals surface area contributed by atoms with Crippen LogP contribution < -0.4 is 0 Å². The van der Waals surface area contributed by atoms with Gasteiger partial charge in [-0.15, -0.1) is 0 Å². The quantitative estimate of drug-likeness (QED) is 0.183. The number of hydrogen-bond donors (Lipinski definition) is 1. The lowest BCUT2D eigenvalue weighted by Gasteiger charge is -2.58. The van der Waals surface area contributed by atoms with Crippen molar-refractivity contribution in [3.63, 3.8) is 0 Å². The van der Waals surface area contributed by atoms with E-state index in [1.165, 1.54) is 57.8 Å². The largest absolute Gasteiger partial charge is 0.460 e. The van der Waals surface area contributed by atoms with Crippen molar-refractivity contribution in [1.82, 2.24) is 0 Å². The Labute approximate surface area is 258 Å². The third kappa shape index (κ3) is 7.92. The molecule has 0 radical (unpaired) electrons. The van der Waals surface area contributed by atoms with Gasteiger partial charge in [0.1, 0.15) is 5.60 Å². The highest BCUT2D eigenvalue weighted by molar-refractivity contribution is 5.70. The number of aliphatic hydroxyl groups is 1. The molecule has 3 fully saturated rings. The number of fused-ring (bicyclic) bond motifs is 5. The fourth-order valence-electron chi connectivity index (χ4n) is 9.97. The first kappa shape index (κ1) is 33.8. The van der Waals surface area contributed by atoms with Crippen LogP contribution in [0.5, 0.6) is 0 Å². The van der Waals surface area contributed by atoms with Crippen molar-refractivity contribution >= 4 is 5.97 Å². The maximum atomic E-state index is 11.9. The van der Waals surface area contributed by atoms with Gasteiger partial charge in [-0.3, -0.25) is 4.79 Å². The third-order valence-corrected chi connectivity index (χ3v) is 12.1. The van der Waals surface area contributed by atoms with E-state index in [1.54, 1.807) is 5.57 Å². The van der Waals surface area contributed by atoms with Gasteiger partial charge in [0.05, 0.1) is 25.2 Å². The van der Waals surface area contributed by atoms with Crippen LogP contribution in [0, 0.1) is 46.3 Å². The van der Waals surface area contributed by atoms with Crippen molar-refractivity contribution in [2.75, 3.05) is 6.61 Å². The standard InChI is InChI=1S/C38H64O4/c1-26(2)12-11-13-27(3)32-17-18-33-31-16-15-28-24-30(19-21-37(28,7)34(31)20-22-38(32,33)8)41-23-10-9-14-29(39)25-35(40)42-36(4,5)6/h9-10,15,26-27,29-34,39H,11-14,16-25H2,1-8H3. The molecule has 0 saturated heterocycles. The average molecular weight is 585 g/mol. The van der Waals surface area contributed by atoms with Crippen LogP contribution in [-0.4, -0.2) is 35.5 Å². The molecule has 0 bridgehead atoms. The fraction of sp³-hybridized carbons (Fsp3) is 0.868. The molecule has 240 valence electrons. The summed E-state index contributed by atoms with van der Waals surface area (Å²) in [5.74, 6) is 4.90. The lowest BCUT2D eigenvalue weighted by Crippen LogP contribution is -2.51. The van der Waals surface area contributed by atoms with Gasteiger partial charge >= 0.3 is 5.97 Å². The van der Waals surface area contributed by atoms with Crippen LogP contribution >= 0.6 is 0 Å². The Bertz CT molecular complexity index is 959. The zero-order valence-corrected chi connectivity index (χ0v) is 28.4. The zero-order chi connectivity index (χ0) is 30.7. The van der Waals surface area contributed by atoms with Crippen molar-refractivity contribution in [3.8, 4) is 0 Å². The molecule has 0 aromatic carbocycles. The van der Waals surface area contributed by atoms with Crippen LogP contribution in [0.1, 0.15) is 139 Å². The first-order chi connectivity index (χ1) is 19.7. The van der Waals surface area contributed by atoms with Gasteiger partial charge < -0.3 is 14.6 Å². The zero-order valence-electron chi connectivity index (χ0n) is 28.4. The third-order valence-electron chi connectivity index (χ3n) is 12.1. The molecule has 9 unspecified atom stereocenters. The van der Waals surface area contributed by atoms with Crippen molar-refractivity contribution in [2.24, 2.45) is 46.3 Å². The molecule has 0 heterocycles. The van der Waals surface area contributed by atoms with E-state index in [0.717, 1.165) is 48.3 Å². The number of carbonyl (C=O) groups excluding carboxylic acids is 1. The van der Waals surface area contributed by atoms with Crippen molar-refractivity contribution < 1.29 is 19.4 Å². The van der Waals surface area contributed by atoms with Crippen LogP contribution in [0.25, 0.3) is 0 Å². The van der Waals surface area contributed by atoms with Gasteiger partial charge in [-0.25, -0.2) is 0 Å². The summed E-state index contributed by atoms with van der Waals surface area (Å²) in [4.78, 5) is 11.9. The SMILES string of the molecule is CC(C)CCCC(C)C1CCC2C3CC=C4CC(OCC=CCC(O)CC(=O)OC(C)(C)C)CCC4(C)C3CCC12C. The molecule has 0 aromatic heterocycles. The Morgan fingerprint density at radius 1 is 1.05 bits per heavy atom. The number of rotatable bonds is 12. The minimum Gasteiger partial charge on any atom is -0.460 e. The average Bonchev–Trinajstić information content (AvgIpc) is 3.24. The van der Waals surface area contributed by atoms with E-state index >= 15 is 0 Å². The lowest BCUT2D eigenvalue weighted by atomic mass is 9.47. The summed E-state index contributed by atoms with van der Waals surface area (Å²) in [6, 6.07) is 0. The first-order valence-electron chi connectivity index (χ1n) is 17.6. The van der Waals surface area contributed by atoms with Crippen molar-refractivity contribution in [2.45, 2.75) is 157 Å². The summed E-state index contributed by atoms with van der Waals surface area (Å²) in [6.45, 7) is 18.7. The highest BCUT2D eigenvalue weighted by atomic mass is 16.6. The molecule has 42 heavy (non-hydrogen) atoms. The van der Waals surface area contributed by atoms with Crippen molar-refractivity contribution in [3.05, 3.63) is 23.8 Å². The van der Waals surface area contributed by atoms with E-state index < -0.39 is 11.7 Å². The van der Waals surface area contributed by atoms with Gasteiger partial charge in [0.2, 0.25) is 0 Å². The maximum Gasteiger partial charge on any atom is 0.308 e. The summed E-state index contributed by atoms with van der Waals surface area (Å²) in [5, 5.41) is 10.2. The minimum atomic E-state index is -0.715. The Morgan fingerprint density at radius 2 is 1.81 bits per heavy atom. The predicted octanol–water partition coefficient (Wildman–Crippen LogP) is 9.45. The monoisotopic (exact) mass is 584 g/mol.